The molecule has 16 heavy (non-hydrogen) atoms. The summed E-state index contributed by atoms with van der Waals surface area (Å²) in [6.07, 6.45) is 1.71. The normalized spacial score (nSPS) is 10.1. The number of para-hydroxylation sites is 1. The molecule has 0 unspecified atom stereocenters. The van der Waals surface area contributed by atoms with Crippen molar-refractivity contribution in [1.82, 2.24) is 4.98 Å². The maximum absolute atomic E-state index is 9.03. The first-order valence-corrected chi connectivity index (χ1v) is 5.16. The Balaban J connectivity index is 2.30. The SMILES string of the molecule is CN(c1ccccc1)c1ccnc(CO)c1. The molecule has 0 spiro atoms. The Bertz CT molecular complexity index is 456. The summed E-state index contributed by atoms with van der Waals surface area (Å²) in [5, 5.41) is 9.03. The Morgan fingerprint density at radius 1 is 1.12 bits per heavy atom. The van der Waals surface area contributed by atoms with Crippen LogP contribution in [0.3, 0.4) is 0 Å². The van der Waals surface area contributed by atoms with Crippen LogP contribution in [0, 0.1) is 0 Å². The van der Waals surface area contributed by atoms with E-state index in [4.69, 9.17) is 5.11 Å². The second-order valence-corrected chi connectivity index (χ2v) is 3.56. The number of pyridine rings is 1. The van der Waals surface area contributed by atoms with Gasteiger partial charge in [0, 0.05) is 24.6 Å². The molecule has 0 aliphatic heterocycles. The highest BCUT2D eigenvalue weighted by atomic mass is 16.3. The summed E-state index contributed by atoms with van der Waals surface area (Å²) in [4.78, 5) is 6.11. The van der Waals surface area contributed by atoms with Crippen LogP contribution in [-0.2, 0) is 6.61 Å². The average molecular weight is 214 g/mol. The fourth-order valence-electron chi connectivity index (χ4n) is 1.56. The van der Waals surface area contributed by atoms with Gasteiger partial charge >= 0.3 is 0 Å². The van der Waals surface area contributed by atoms with E-state index in [1.165, 1.54) is 0 Å². The smallest absolute Gasteiger partial charge is 0.0853 e. The third-order valence-electron chi connectivity index (χ3n) is 2.49. The highest BCUT2D eigenvalue weighted by molar-refractivity contribution is 5.62. The molecule has 0 saturated heterocycles. The van der Waals surface area contributed by atoms with Crippen molar-refractivity contribution in [3.8, 4) is 0 Å². The number of rotatable bonds is 3. The molecule has 1 aromatic carbocycles. The predicted octanol–water partition coefficient (Wildman–Crippen LogP) is 2.34. The number of aliphatic hydroxyl groups is 1. The van der Waals surface area contributed by atoms with Gasteiger partial charge in [-0.15, -0.1) is 0 Å². The Kier molecular flexibility index (Phi) is 3.17. The summed E-state index contributed by atoms with van der Waals surface area (Å²) >= 11 is 0. The number of benzene rings is 1. The van der Waals surface area contributed by atoms with Gasteiger partial charge in [0.25, 0.3) is 0 Å². The number of anilines is 2. The van der Waals surface area contributed by atoms with Gasteiger partial charge in [0.05, 0.1) is 12.3 Å². The largest absolute Gasteiger partial charge is 0.390 e. The standard InChI is InChI=1S/C13H14N2O/c1-15(12-5-3-2-4-6-12)13-7-8-14-11(9-13)10-16/h2-9,16H,10H2,1H3. The van der Waals surface area contributed by atoms with Crippen molar-refractivity contribution in [2.75, 3.05) is 11.9 Å². The third kappa shape index (κ3) is 2.20. The van der Waals surface area contributed by atoms with E-state index in [9.17, 15) is 0 Å². The molecule has 0 atom stereocenters. The summed E-state index contributed by atoms with van der Waals surface area (Å²) in [7, 11) is 1.99. The Labute approximate surface area is 95.0 Å². The average Bonchev–Trinajstić information content (AvgIpc) is 2.39. The summed E-state index contributed by atoms with van der Waals surface area (Å²) < 4.78 is 0. The molecule has 0 amide bonds. The lowest BCUT2D eigenvalue weighted by molar-refractivity contribution is 0.277. The molecule has 3 nitrogen and oxygen atoms in total. The van der Waals surface area contributed by atoms with Crippen LogP contribution in [0.25, 0.3) is 0 Å². The van der Waals surface area contributed by atoms with Crippen molar-refractivity contribution in [2.24, 2.45) is 0 Å². The second kappa shape index (κ2) is 4.77. The first-order chi connectivity index (χ1) is 7.81. The number of nitrogens with zero attached hydrogens (tertiary/aromatic N) is 2. The van der Waals surface area contributed by atoms with Crippen molar-refractivity contribution in [3.05, 3.63) is 54.4 Å². The van der Waals surface area contributed by atoms with E-state index < -0.39 is 0 Å². The molecule has 3 heteroatoms. The van der Waals surface area contributed by atoms with Gasteiger partial charge in [-0.05, 0) is 24.3 Å². The van der Waals surface area contributed by atoms with E-state index in [1.54, 1.807) is 6.20 Å². The van der Waals surface area contributed by atoms with Crippen molar-refractivity contribution >= 4 is 11.4 Å². The van der Waals surface area contributed by atoms with E-state index in [2.05, 4.69) is 9.88 Å². The quantitative estimate of drug-likeness (QED) is 0.852. The van der Waals surface area contributed by atoms with Gasteiger partial charge in [-0.2, -0.15) is 0 Å². The zero-order valence-electron chi connectivity index (χ0n) is 9.17. The molecule has 2 aromatic rings. The highest BCUT2D eigenvalue weighted by Crippen LogP contribution is 2.22. The van der Waals surface area contributed by atoms with Gasteiger partial charge in [-0.1, -0.05) is 18.2 Å². The van der Waals surface area contributed by atoms with Gasteiger partial charge in [-0.25, -0.2) is 0 Å². The van der Waals surface area contributed by atoms with Crippen LogP contribution in [-0.4, -0.2) is 17.1 Å². The minimum absolute atomic E-state index is 0.0313. The van der Waals surface area contributed by atoms with Crippen molar-refractivity contribution in [1.29, 1.82) is 0 Å². The molecule has 1 aromatic heterocycles. The molecule has 0 radical (unpaired) electrons. The molecule has 0 aliphatic rings. The van der Waals surface area contributed by atoms with Crippen LogP contribution in [0.15, 0.2) is 48.7 Å². The molecule has 0 saturated carbocycles. The van der Waals surface area contributed by atoms with Crippen molar-refractivity contribution < 1.29 is 5.11 Å². The van der Waals surface area contributed by atoms with Crippen LogP contribution in [0.2, 0.25) is 0 Å². The number of hydrogen-bond acceptors (Lipinski definition) is 3. The molecular formula is C13H14N2O. The molecule has 0 aliphatic carbocycles. The lowest BCUT2D eigenvalue weighted by Gasteiger charge is -2.19. The zero-order chi connectivity index (χ0) is 11.4. The summed E-state index contributed by atoms with van der Waals surface area (Å²) in [6, 6.07) is 13.9. The van der Waals surface area contributed by atoms with E-state index in [-0.39, 0.29) is 6.61 Å². The van der Waals surface area contributed by atoms with Crippen molar-refractivity contribution in [3.63, 3.8) is 0 Å². The number of hydrogen-bond donors (Lipinski definition) is 1. The second-order valence-electron chi connectivity index (χ2n) is 3.56. The van der Waals surface area contributed by atoms with Crippen LogP contribution in [0.4, 0.5) is 11.4 Å². The summed E-state index contributed by atoms with van der Waals surface area (Å²) in [5.74, 6) is 0. The van der Waals surface area contributed by atoms with Crippen LogP contribution in [0.1, 0.15) is 5.69 Å². The fourth-order valence-corrected chi connectivity index (χ4v) is 1.56. The molecule has 0 bridgehead atoms. The van der Waals surface area contributed by atoms with E-state index in [0.717, 1.165) is 11.4 Å². The van der Waals surface area contributed by atoms with Gasteiger partial charge in [0.15, 0.2) is 0 Å². The van der Waals surface area contributed by atoms with Gasteiger partial charge in [-0.3, -0.25) is 4.98 Å². The monoisotopic (exact) mass is 214 g/mol. The highest BCUT2D eigenvalue weighted by Gasteiger charge is 2.03. The van der Waals surface area contributed by atoms with Gasteiger partial charge in [0.2, 0.25) is 0 Å². The lowest BCUT2D eigenvalue weighted by atomic mass is 10.2. The zero-order valence-corrected chi connectivity index (χ0v) is 9.17. The van der Waals surface area contributed by atoms with E-state index in [0.29, 0.717) is 5.69 Å². The molecule has 1 N–H and O–H groups in total. The minimum Gasteiger partial charge on any atom is -0.390 e. The predicted molar refractivity (Wildman–Crippen MR) is 64.7 cm³/mol. The molecular weight excluding hydrogens is 200 g/mol. The maximum Gasteiger partial charge on any atom is 0.0853 e. The van der Waals surface area contributed by atoms with Gasteiger partial charge in [0.1, 0.15) is 0 Å². The number of aromatic nitrogens is 1. The Hall–Kier alpha value is -1.87. The first-order valence-electron chi connectivity index (χ1n) is 5.16. The van der Waals surface area contributed by atoms with E-state index >= 15 is 0 Å². The van der Waals surface area contributed by atoms with E-state index in [1.807, 2.05) is 49.5 Å². The Morgan fingerprint density at radius 2 is 1.88 bits per heavy atom. The number of aliphatic hydroxyl groups excluding tert-OH is 1. The van der Waals surface area contributed by atoms with Crippen LogP contribution < -0.4 is 4.90 Å². The molecule has 82 valence electrons. The molecule has 0 fully saturated rings. The fraction of sp³-hybridized carbons (Fsp3) is 0.154. The molecule has 1 heterocycles. The third-order valence-corrected chi connectivity index (χ3v) is 2.49. The molecule has 2 rings (SSSR count). The summed E-state index contributed by atoms with van der Waals surface area (Å²) in [6.45, 7) is -0.0313. The van der Waals surface area contributed by atoms with Crippen molar-refractivity contribution in [2.45, 2.75) is 6.61 Å². The topological polar surface area (TPSA) is 36.4 Å². The maximum atomic E-state index is 9.03. The lowest BCUT2D eigenvalue weighted by Crippen LogP contribution is -2.09. The van der Waals surface area contributed by atoms with Crippen LogP contribution in [0.5, 0.6) is 0 Å². The van der Waals surface area contributed by atoms with Gasteiger partial charge < -0.3 is 10.0 Å². The Morgan fingerprint density at radius 3 is 2.56 bits per heavy atom. The van der Waals surface area contributed by atoms with Crippen LogP contribution >= 0.6 is 0 Å². The first kappa shape index (κ1) is 10.6. The minimum atomic E-state index is -0.0313. The summed E-state index contributed by atoms with van der Waals surface area (Å²) in [5.41, 5.74) is 2.81.